The van der Waals surface area contributed by atoms with Crippen molar-refractivity contribution in [3.63, 3.8) is 0 Å². The summed E-state index contributed by atoms with van der Waals surface area (Å²) in [6.45, 7) is 5.77. The maximum absolute atomic E-state index is 10.8. The first-order valence-corrected chi connectivity index (χ1v) is 7.08. The first-order chi connectivity index (χ1) is 5.07. The maximum Gasteiger partial charge on any atom is 0.322 e. The van der Waals surface area contributed by atoms with E-state index in [-0.39, 0.29) is 5.97 Å². The summed E-state index contributed by atoms with van der Waals surface area (Å²) in [5, 5.41) is 0. The van der Waals surface area contributed by atoms with E-state index in [1.54, 1.807) is 6.92 Å². The highest BCUT2D eigenvalue weighted by molar-refractivity contribution is 6.48. The van der Waals surface area contributed by atoms with Crippen molar-refractivity contribution in [3.8, 4) is 0 Å². The molecule has 0 fully saturated rings. The summed E-state index contributed by atoms with van der Waals surface area (Å²) in [4.78, 5) is 10.8. The summed E-state index contributed by atoms with van der Waals surface area (Å²) in [5.74, 6) is -0.272. The standard InChI is InChI=1S/C6H14O3Si2/c1-5(6(7)9-10)4-8-11(2)3/h4,11H,1-3,10H3. The molecule has 0 aliphatic heterocycles. The number of rotatable bonds is 3. The molecular weight excluding hydrogens is 176 g/mol. The molecule has 0 aromatic carbocycles. The van der Waals surface area contributed by atoms with Crippen molar-refractivity contribution in [3.05, 3.63) is 11.8 Å². The smallest absolute Gasteiger partial charge is 0.322 e. The van der Waals surface area contributed by atoms with E-state index in [1.807, 2.05) is 13.1 Å². The molecule has 64 valence electrons. The van der Waals surface area contributed by atoms with Crippen LogP contribution in [0.15, 0.2) is 11.8 Å². The third-order valence-electron chi connectivity index (χ3n) is 1.02. The average molecular weight is 190 g/mol. The molecule has 0 saturated heterocycles. The van der Waals surface area contributed by atoms with E-state index in [2.05, 4.69) is 4.43 Å². The molecule has 0 heterocycles. The van der Waals surface area contributed by atoms with Crippen LogP contribution in [0.4, 0.5) is 0 Å². The highest BCUT2D eigenvalue weighted by atomic mass is 28.3. The van der Waals surface area contributed by atoms with Crippen LogP contribution in [0.3, 0.4) is 0 Å². The van der Waals surface area contributed by atoms with Gasteiger partial charge >= 0.3 is 5.97 Å². The molecule has 0 aliphatic carbocycles. The molecule has 0 rings (SSSR count). The van der Waals surface area contributed by atoms with Crippen LogP contribution in [-0.4, -0.2) is 25.5 Å². The third kappa shape index (κ3) is 4.80. The summed E-state index contributed by atoms with van der Waals surface area (Å²) in [6, 6.07) is 0. The number of carbonyl (C=O) groups excluding carboxylic acids is 1. The lowest BCUT2D eigenvalue weighted by atomic mass is 10.4. The Balaban J connectivity index is 3.90. The Morgan fingerprint density at radius 3 is 2.45 bits per heavy atom. The van der Waals surface area contributed by atoms with Crippen molar-refractivity contribution in [2.45, 2.75) is 20.0 Å². The molecule has 0 N–H and O–H groups in total. The van der Waals surface area contributed by atoms with Crippen LogP contribution in [0.5, 0.6) is 0 Å². The van der Waals surface area contributed by atoms with Gasteiger partial charge in [0.1, 0.15) is 0 Å². The molecule has 0 spiro atoms. The van der Waals surface area contributed by atoms with Gasteiger partial charge in [-0.3, -0.25) is 0 Å². The molecule has 0 aromatic rings. The average Bonchev–Trinajstić information content (AvgIpc) is 1.98. The molecule has 0 bridgehead atoms. The minimum absolute atomic E-state index is 0.272. The lowest BCUT2D eigenvalue weighted by molar-refractivity contribution is -0.129. The molecule has 3 nitrogen and oxygen atoms in total. The van der Waals surface area contributed by atoms with Gasteiger partial charge in [-0.05, 0) is 20.0 Å². The summed E-state index contributed by atoms with van der Waals surface area (Å²) in [7, 11) is -0.612. The normalized spacial score (nSPS) is 11.8. The predicted molar refractivity (Wildman–Crippen MR) is 49.8 cm³/mol. The van der Waals surface area contributed by atoms with Crippen molar-refractivity contribution in [1.29, 1.82) is 0 Å². The minimum Gasteiger partial charge on any atom is -0.552 e. The molecule has 0 atom stereocenters. The van der Waals surface area contributed by atoms with Gasteiger partial charge in [0, 0.05) is 0 Å². The highest BCUT2D eigenvalue weighted by Crippen LogP contribution is 1.96. The summed E-state index contributed by atoms with van der Waals surface area (Å²) < 4.78 is 9.83. The van der Waals surface area contributed by atoms with Crippen molar-refractivity contribution >= 4 is 25.5 Å². The van der Waals surface area contributed by atoms with Crippen LogP contribution >= 0.6 is 0 Å². The summed E-state index contributed by atoms with van der Waals surface area (Å²) >= 11 is 0. The molecule has 5 heteroatoms. The Labute approximate surface area is 71.7 Å². The molecular formula is C6H14O3Si2. The van der Waals surface area contributed by atoms with Crippen molar-refractivity contribution in [1.82, 2.24) is 0 Å². The van der Waals surface area contributed by atoms with Crippen LogP contribution < -0.4 is 0 Å². The van der Waals surface area contributed by atoms with E-state index < -0.39 is 9.04 Å². The van der Waals surface area contributed by atoms with E-state index >= 15 is 0 Å². The topological polar surface area (TPSA) is 35.5 Å². The fourth-order valence-corrected chi connectivity index (χ4v) is 1.25. The molecule has 0 aliphatic rings. The lowest BCUT2D eigenvalue weighted by Crippen LogP contribution is -2.07. The fourth-order valence-electron chi connectivity index (χ4n) is 0.447. The van der Waals surface area contributed by atoms with Crippen molar-refractivity contribution < 1.29 is 13.6 Å². The van der Waals surface area contributed by atoms with Crippen LogP contribution in [0, 0.1) is 0 Å². The Kier molecular flexibility index (Phi) is 4.88. The molecule has 0 unspecified atom stereocenters. The van der Waals surface area contributed by atoms with Gasteiger partial charge in [-0.15, -0.1) is 0 Å². The maximum atomic E-state index is 10.8. The van der Waals surface area contributed by atoms with E-state index in [9.17, 15) is 4.79 Å². The van der Waals surface area contributed by atoms with E-state index in [1.165, 1.54) is 6.26 Å². The SMILES string of the molecule is CC(=CO[SiH](C)C)C(=O)O[SiH3]. The predicted octanol–water partition coefficient (Wildman–Crippen LogP) is -0.286. The quantitative estimate of drug-likeness (QED) is 0.349. The zero-order valence-corrected chi connectivity index (χ0v) is 10.5. The van der Waals surface area contributed by atoms with Gasteiger partial charge in [-0.25, -0.2) is 4.79 Å². The second-order valence-corrected chi connectivity index (χ2v) is 5.26. The first kappa shape index (κ1) is 10.4. The molecule has 11 heavy (non-hydrogen) atoms. The highest BCUT2D eigenvalue weighted by Gasteiger charge is 2.02. The lowest BCUT2D eigenvalue weighted by Gasteiger charge is -2.04. The number of hydrogen-bond acceptors (Lipinski definition) is 3. The second-order valence-electron chi connectivity index (χ2n) is 2.48. The van der Waals surface area contributed by atoms with E-state index in [4.69, 9.17) is 4.43 Å². The van der Waals surface area contributed by atoms with Crippen LogP contribution in [-0.2, 0) is 13.6 Å². The van der Waals surface area contributed by atoms with Gasteiger partial charge in [0.25, 0.3) is 0 Å². The van der Waals surface area contributed by atoms with Crippen molar-refractivity contribution in [2.75, 3.05) is 0 Å². The Bertz CT molecular complexity index is 165. The second kappa shape index (κ2) is 5.14. The van der Waals surface area contributed by atoms with Crippen LogP contribution in [0.2, 0.25) is 13.1 Å². The first-order valence-electron chi connectivity index (χ1n) is 3.48. The Hall–Kier alpha value is -0.556. The van der Waals surface area contributed by atoms with Crippen molar-refractivity contribution in [2.24, 2.45) is 0 Å². The monoisotopic (exact) mass is 190 g/mol. The van der Waals surface area contributed by atoms with Gasteiger partial charge in [0.05, 0.1) is 11.8 Å². The minimum atomic E-state index is -1.05. The third-order valence-corrected chi connectivity index (χ3v) is 2.08. The Morgan fingerprint density at radius 1 is 1.55 bits per heavy atom. The zero-order valence-electron chi connectivity index (χ0n) is 7.38. The van der Waals surface area contributed by atoms with Crippen LogP contribution in [0.25, 0.3) is 0 Å². The van der Waals surface area contributed by atoms with Gasteiger partial charge in [0.15, 0.2) is 0 Å². The van der Waals surface area contributed by atoms with Gasteiger partial charge in [0.2, 0.25) is 19.5 Å². The van der Waals surface area contributed by atoms with E-state index in [0.29, 0.717) is 16.1 Å². The van der Waals surface area contributed by atoms with Gasteiger partial charge < -0.3 is 8.85 Å². The zero-order chi connectivity index (χ0) is 8.85. The summed E-state index contributed by atoms with van der Waals surface area (Å²) in [5.41, 5.74) is 0.543. The number of carbonyl (C=O) groups is 1. The fraction of sp³-hybridized carbons (Fsp3) is 0.500. The van der Waals surface area contributed by atoms with Gasteiger partial charge in [-0.1, -0.05) is 0 Å². The number of hydrogen-bond donors (Lipinski definition) is 0. The largest absolute Gasteiger partial charge is 0.552 e. The molecule has 0 radical (unpaired) electrons. The summed E-state index contributed by atoms with van der Waals surface area (Å²) in [6.07, 6.45) is 1.50. The molecule has 0 amide bonds. The van der Waals surface area contributed by atoms with E-state index in [0.717, 1.165) is 0 Å². The van der Waals surface area contributed by atoms with Crippen LogP contribution in [0.1, 0.15) is 6.92 Å². The Morgan fingerprint density at radius 2 is 2.09 bits per heavy atom. The molecule has 0 aromatic heterocycles. The van der Waals surface area contributed by atoms with Gasteiger partial charge in [-0.2, -0.15) is 0 Å². The molecule has 0 saturated carbocycles.